The van der Waals surface area contributed by atoms with Gasteiger partial charge in [0.15, 0.2) is 5.78 Å². The highest BCUT2D eigenvalue weighted by molar-refractivity contribution is 6.31. The Balaban J connectivity index is 1.73. The summed E-state index contributed by atoms with van der Waals surface area (Å²) in [5.74, 6) is -0.0683. The molecule has 0 aromatic heterocycles. The summed E-state index contributed by atoms with van der Waals surface area (Å²) < 4.78 is 0. The fraction of sp³-hybridized carbons (Fsp3) is 0.474. The molecule has 1 aromatic rings. The zero-order valence-electron chi connectivity index (χ0n) is 13.1. The van der Waals surface area contributed by atoms with Gasteiger partial charge in [0.05, 0.1) is 5.70 Å². The molecule has 1 spiro atoms. The highest BCUT2D eigenvalue weighted by Crippen LogP contribution is 2.50. The van der Waals surface area contributed by atoms with Gasteiger partial charge in [0.2, 0.25) is 0 Å². The Morgan fingerprint density at radius 3 is 2.52 bits per heavy atom. The lowest BCUT2D eigenvalue weighted by Gasteiger charge is -2.49. The Morgan fingerprint density at radius 2 is 1.91 bits per heavy atom. The number of piperidine rings is 1. The molecule has 2 fully saturated rings. The van der Waals surface area contributed by atoms with E-state index in [1.807, 2.05) is 18.2 Å². The lowest BCUT2D eigenvalue weighted by Crippen LogP contribution is -2.43. The Labute approximate surface area is 141 Å². The normalized spacial score (nSPS) is 22.6. The number of hydrogen-bond acceptors (Lipinski definition) is 3. The van der Waals surface area contributed by atoms with E-state index in [-0.39, 0.29) is 5.78 Å². The molecule has 0 amide bonds. The predicted molar refractivity (Wildman–Crippen MR) is 89.8 cm³/mol. The molecule has 3 aliphatic rings. The van der Waals surface area contributed by atoms with Gasteiger partial charge in [-0.1, -0.05) is 24.1 Å². The van der Waals surface area contributed by atoms with Crippen LogP contribution in [-0.2, 0) is 11.2 Å². The quantitative estimate of drug-likeness (QED) is 0.784. The number of nitriles is 1. The summed E-state index contributed by atoms with van der Waals surface area (Å²) in [4.78, 5) is 14.6. The van der Waals surface area contributed by atoms with Crippen molar-refractivity contribution in [3.63, 3.8) is 0 Å². The fourth-order valence-corrected chi connectivity index (χ4v) is 4.45. The lowest BCUT2D eigenvalue weighted by molar-refractivity contribution is -0.114. The standard InChI is InChI=1S/C19H19ClN2O/c20-14-3-2-13-10-17(23)16(12-21)18(15(13)11-14)22-8-6-19(7-9-22)4-1-5-19/h2-3,11H,1,4-10H2. The lowest BCUT2D eigenvalue weighted by atomic mass is 9.63. The molecular weight excluding hydrogens is 308 g/mol. The molecule has 0 N–H and O–H groups in total. The molecule has 4 rings (SSSR count). The number of Topliss-reactive ketones (excluding diaryl/α,β-unsaturated/α-hetero) is 1. The molecule has 0 unspecified atom stereocenters. The highest BCUT2D eigenvalue weighted by Gasteiger charge is 2.41. The summed E-state index contributed by atoms with van der Waals surface area (Å²) in [5, 5.41) is 10.2. The Morgan fingerprint density at radius 1 is 1.17 bits per heavy atom. The molecule has 118 valence electrons. The van der Waals surface area contributed by atoms with E-state index in [0.29, 0.717) is 22.4 Å². The molecule has 1 aliphatic heterocycles. The maximum Gasteiger partial charge on any atom is 0.179 e. The van der Waals surface area contributed by atoms with Crippen LogP contribution in [0.15, 0.2) is 23.8 Å². The van der Waals surface area contributed by atoms with E-state index in [4.69, 9.17) is 11.6 Å². The first-order valence-corrected chi connectivity index (χ1v) is 8.71. The van der Waals surface area contributed by atoms with Crippen molar-refractivity contribution >= 4 is 23.1 Å². The van der Waals surface area contributed by atoms with Crippen LogP contribution in [0.1, 0.15) is 43.2 Å². The van der Waals surface area contributed by atoms with Crippen LogP contribution in [-0.4, -0.2) is 23.8 Å². The van der Waals surface area contributed by atoms with Gasteiger partial charge < -0.3 is 4.90 Å². The molecule has 4 heteroatoms. The van der Waals surface area contributed by atoms with Gasteiger partial charge in [-0.3, -0.25) is 4.79 Å². The van der Waals surface area contributed by atoms with Crippen molar-refractivity contribution in [2.75, 3.05) is 13.1 Å². The molecule has 1 saturated carbocycles. The van der Waals surface area contributed by atoms with Crippen LogP contribution in [0.4, 0.5) is 0 Å². The third-order valence-corrected chi connectivity index (χ3v) is 6.10. The molecule has 1 aromatic carbocycles. The van der Waals surface area contributed by atoms with Crippen molar-refractivity contribution in [1.29, 1.82) is 5.26 Å². The molecule has 1 saturated heterocycles. The van der Waals surface area contributed by atoms with E-state index in [1.165, 1.54) is 32.1 Å². The van der Waals surface area contributed by atoms with Gasteiger partial charge in [-0.25, -0.2) is 0 Å². The number of hydrogen-bond donors (Lipinski definition) is 0. The summed E-state index contributed by atoms with van der Waals surface area (Å²) in [7, 11) is 0. The molecule has 3 nitrogen and oxygen atoms in total. The zero-order chi connectivity index (χ0) is 16.0. The summed E-state index contributed by atoms with van der Waals surface area (Å²) in [6, 6.07) is 7.80. The number of fused-ring (bicyclic) bond motifs is 1. The van der Waals surface area contributed by atoms with E-state index < -0.39 is 0 Å². The number of ketones is 1. The number of benzene rings is 1. The van der Waals surface area contributed by atoms with Gasteiger partial charge in [0.25, 0.3) is 0 Å². The first-order valence-electron chi connectivity index (χ1n) is 8.33. The summed E-state index contributed by atoms with van der Waals surface area (Å²) in [5.41, 5.74) is 3.62. The number of allylic oxidation sites excluding steroid dienone is 1. The number of nitrogens with zero attached hydrogens (tertiary/aromatic N) is 2. The van der Waals surface area contributed by atoms with Gasteiger partial charge in [-0.15, -0.1) is 0 Å². The Hall–Kier alpha value is -1.79. The van der Waals surface area contributed by atoms with E-state index >= 15 is 0 Å². The van der Waals surface area contributed by atoms with Crippen molar-refractivity contribution in [3.8, 4) is 6.07 Å². The fourth-order valence-electron chi connectivity index (χ4n) is 4.28. The predicted octanol–water partition coefficient (Wildman–Crippen LogP) is 3.97. The first kappa shape index (κ1) is 14.8. The number of carbonyl (C=O) groups is 1. The zero-order valence-corrected chi connectivity index (χ0v) is 13.8. The molecule has 0 atom stereocenters. The topological polar surface area (TPSA) is 44.1 Å². The average molecular weight is 327 g/mol. The maximum absolute atomic E-state index is 12.4. The van der Waals surface area contributed by atoms with Gasteiger partial charge in [0, 0.05) is 30.1 Å². The van der Waals surface area contributed by atoms with Crippen molar-refractivity contribution in [3.05, 3.63) is 39.9 Å². The average Bonchev–Trinajstić information content (AvgIpc) is 2.53. The second-order valence-corrected chi connectivity index (χ2v) is 7.51. The van der Waals surface area contributed by atoms with Crippen molar-refractivity contribution < 1.29 is 4.79 Å². The van der Waals surface area contributed by atoms with Gasteiger partial charge >= 0.3 is 0 Å². The molecular formula is C19H19ClN2O. The minimum Gasteiger partial charge on any atom is -0.370 e. The number of carbonyl (C=O) groups excluding carboxylic acids is 1. The minimum atomic E-state index is -0.0683. The summed E-state index contributed by atoms with van der Waals surface area (Å²) in [6.07, 6.45) is 6.66. The van der Waals surface area contributed by atoms with Crippen molar-refractivity contribution in [2.24, 2.45) is 5.41 Å². The second kappa shape index (κ2) is 5.39. The molecule has 23 heavy (non-hydrogen) atoms. The molecule has 1 heterocycles. The van der Waals surface area contributed by atoms with Gasteiger partial charge in [-0.2, -0.15) is 5.26 Å². The Bertz CT molecular complexity index is 745. The van der Waals surface area contributed by atoms with Gasteiger partial charge in [-0.05, 0) is 48.8 Å². The summed E-state index contributed by atoms with van der Waals surface area (Å²) >= 11 is 6.18. The van der Waals surface area contributed by atoms with Crippen molar-refractivity contribution in [1.82, 2.24) is 4.90 Å². The monoisotopic (exact) mass is 326 g/mol. The smallest absolute Gasteiger partial charge is 0.179 e. The molecule has 0 radical (unpaired) electrons. The third kappa shape index (κ3) is 2.37. The van der Waals surface area contributed by atoms with Crippen LogP contribution in [0.5, 0.6) is 0 Å². The van der Waals surface area contributed by atoms with Crippen LogP contribution in [0, 0.1) is 16.7 Å². The maximum atomic E-state index is 12.4. The van der Waals surface area contributed by atoms with Crippen LogP contribution in [0.3, 0.4) is 0 Å². The summed E-state index contributed by atoms with van der Waals surface area (Å²) in [6.45, 7) is 1.86. The SMILES string of the molecule is N#CC1=C(N2CCC3(CCC3)CC2)c2cc(Cl)ccc2CC1=O. The number of likely N-dealkylation sites (tertiary alicyclic amines) is 1. The number of halogens is 1. The third-order valence-electron chi connectivity index (χ3n) is 5.86. The van der Waals surface area contributed by atoms with Crippen LogP contribution in [0.2, 0.25) is 5.02 Å². The largest absolute Gasteiger partial charge is 0.370 e. The van der Waals surface area contributed by atoms with E-state index in [1.54, 1.807) is 0 Å². The highest BCUT2D eigenvalue weighted by atomic mass is 35.5. The molecule has 0 bridgehead atoms. The molecule has 2 aliphatic carbocycles. The first-order chi connectivity index (χ1) is 11.1. The Kier molecular flexibility index (Phi) is 3.46. The van der Waals surface area contributed by atoms with Crippen LogP contribution in [0.25, 0.3) is 5.70 Å². The van der Waals surface area contributed by atoms with Gasteiger partial charge in [0.1, 0.15) is 11.6 Å². The van der Waals surface area contributed by atoms with Crippen LogP contribution < -0.4 is 0 Å². The van der Waals surface area contributed by atoms with Crippen LogP contribution >= 0.6 is 11.6 Å². The van der Waals surface area contributed by atoms with E-state index in [0.717, 1.165) is 29.9 Å². The minimum absolute atomic E-state index is 0.0683. The van der Waals surface area contributed by atoms with Crippen molar-refractivity contribution in [2.45, 2.75) is 38.5 Å². The van der Waals surface area contributed by atoms with E-state index in [2.05, 4.69) is 11.0 Å². The van der Waals surface area contributed by atoms with E-state index in [9.17, 15) is 10.1 Å². The number of rotatable bonds is 1. The second-order valence-electron chi connectivity index (χ2n) is 7.08.